The first kappa shape index (κ1) is 13.6. The van der Waals surface area contributed by atoms with E-state index in [1.165, 1.54) is 0 Å². The summed E-state index contributed by atoms with van der Waals surface area (Å²) in [5.74, 6) is 0.919. The summed E-state index contributed by atoms with van der Waals surface area (Å²) in [7, 11) is 1.69. The highest BCUT2D eigenvalue weighted by Crippen LogP contribution is 2.19. The maximum absolute atomic E-state index is 10.7. The van der Waals surface area contributed by atoms with Crippen molar-refractivity contribution < 1.29 is 9.53 Å². The van der Waals surface area contributed by atoms with Crippen molar-refractivity contribution in [2.75, 3.05) is 25.2 Å². The molecule has 0 fully saturated rings. The normalized spacial score (nSPS) is 10.6. The monoisotopic (exact) mass is 236 g/mol. The van der Waals surface area contributed by atoms with E-state index in [9.17, 15) is 4.79 Å². The molecule has 0 bridgehead atoms. The Morgan fingerprint density at radius 3 is 2.71 bits per heavy atom. The van der Waals surface area contributed by atoms with E-state index in [-0.39, 0.29) is 0 Å². The second-order valence-corrected chi connectivity index (χ2v) is 4.31. The quantitative estimate of drug-likeness (QED) is 0.709. The minimum Gasteiger partial charge on any atom is -0.383 e. The molecule has 0 saturated carbocycles. The number of hydrogen-bond acceptors (Lipinski definition) is 4. The summed E-state index contributed by atoms with van der Waals surface area (Å²) in [6.07, 6.45) is 2.43. The van der Waals surface area contributed by atoms with Gasteiger partial charge in [0.1, 0.15) is 5.82 Å². The van der Waals surface area contributed by atoms with Crippen molar-refractivity contribution in [3.8, 4) is 0 Å². The highest BCUT2D eigenvalue weighted by atomic mass is 16.5. The van der Waals surface area contributed by atoms with Gasteiger partial charge in [-0.15, -0.1) is 0 Å². The molecule has 0 aliphatic heterocycles. The summed E-state index contributed by atoms with van der Waals surface area (Å²) >= 11 is 0. The predicted octanol–water partition coefficient (Wildman–Crippen LogP) is 2.06. The molecular formula is C13H20N2O2. The predicted molar refractivity (Wildman–Crippen MR) is 68.7 cm³/mol. The molecule has 0 atom stereocenters. The van der Waals surface area contributed by atoms with Crippen molar-refractivity contribution in [3.63, 3.8) is 0 Å². The van der Waals surface area contributed by atoms with Crippen molar-refractivity contribution in [2.45, 2.75) is 26.8 Å². The van der Waals surface area contributed by atoms with Gasteiger partial charge in [0, 0.05) is 31.5 Å². The summed E-state index contributed by atoms with van der Waals surface area (Å²) in [6.45, 7) is 7.66. The lowest BCUT2D eigenvalue weighted by molar-refractivity contribution is 0.112. The zero-order chi connectivity index (χ0) is 12.8. The maximum Gasteiger partial charge on any atom is 0.151 e. The van der Waals surface area contributed by atoms with Gasteiger partial charge >= 0.3 is 0 Å². The lowest BCUT2D eigenvalue weighted by Crippen LogP contribution is -2.35. The number of nitrogens with zero attached hydrogens (tertiary/aromatic N) is 2. The fourth-order valence-electron chi connectivity index (χ4n) is 1.75. The first-order valence-corrected chi connectivity index (χ1v) is 5.77. The number of aromatic nitrogens is 1. The van der Waals surface area contributed by atoms with Gasteiger partial charge in [-0.2, -0.15) is 0 Å². The molecule has 17 heavy (non-hydrogen) atoms. The van der Waals surface area contributed by atoms with Crippen molar-refractivity contribution in [2.24, 2.45) is 0 Å². The van der Waals surface area contributed by atoms with Crippen molar-refractivity contribution in [1.29, 1.82) is 0 Å². The lowest BCUT2D eigenvalue weighted by atomic mass is 10.2. The third-order valence-electron chi connectivity index (χ3n) is 2.64. The van der Waals surface area contributed by atoms with Gasteiger partial charge in [-0.3, -0.25) is 4.79 Å². The number of carbonyl (C=O) groups excluding carboxylic acids is 1. The Labute approximate surface area is 103 Å². The maximum atomic E-state index is 10.7. The number of methoxy groups -OCH3 is 1. The number of pyridine rings is 1. The number of aldehydes is 1. The Kier molecular flexibility index (Phi) is 5.10. The minimum absolute atomic E-state index is 0.346. The minimum atomic E-state index is 0.346. The van der Waals surface area contributed by atoms with Crippen LogP contribution >= 0.6 is 0 Å². The van der Waals surface area contributed by atoms with E-state index in [0.29, 0.717) is 18.2 Å². The van der Waals surface area contributed by atoms with Crippen LogP contribution in [-0.4, -0.2) is 37.6 Å². The number of carbonyl (C=O) groups is 1. The Balaban J connectivity index is 2.97. The van der Waals surface area contributed by atoms with Gasteiger partial charge < -0.3 is 9.64 Å². The molecule has 1 heterocycles. The molecular weight excluding hydrogens is 216 g/mol. The van der Waals surface area contributed by atoms with Crippen molar-refractivity contribution in [1.82, 2.24) is 4.98 Å². The van der Waals surface area contributed by atoms with Gasteiger partial charge in [-0.25, -0.2) is 4.98 Å². The van der Waals surface area contributed by atoms with Crippen molar-refractivity contribution >= 4 is 12.1 Å². The molecule has 0 aliphatic carbocycles. The second kappa shape index (κ2) is 6.35. The van der Waals surface area contributed by atoms with E-state index in [4.69, 9.17) is 4.74 Å². The largest absolute Gasteiger partial charge is 0.383 e. The van der Waals surface area contributed by atoms with Crippen LogP contribution < -0.4 is 4.90 Å². The standard InChI is InChI=1S/C13H20N2O2/c1-10(2)15(5-6-17-4)13-11(3)7-12(9-16)8-14-13/h7-10H,5-6H2,1-4H3. The van der Waals surface area contributed by atoms with Gasteiger partial charge in [-0.05, 0) is 32.4 Å². The lowest BCUT2D eigenvalue weighted by Gasteiger charge is -2.29. The zero-order valence-electron chi connectivity index (χ0n) is 10.9. The average molecular weight is 236 g/mol. The molecule has 0 aliphatic rings. The number of rotatable bonds is 6. The van der Waals surface area contributed by atoms with Gasteiger partial charge in [0.05, 0.1) is 6.61 Å². The van der Waals surface area contributed by atoms with Crippen LogP contribution in [0.2, 0.25) is 0 Å². The van der Waals surface area contributed by atoms with E-state index >= 15 is 0 Å². The SMILES string of the molecule is COCCN(c1ncc(C=O)cc1C)C(C)C. The molecule has 0 radical (unpaired) electrons. The molecule has 1 aromatic rings. The van der Waals surface area contributed by atoms with E-state index < -0.39 is 0 Å². The molecule has 1 rings (SSSR count). The molecule has 0 unspecified atom stereocenters. The topological polar surface area (TPSA) is 42.4 Å². The third kappa shape index (κ3) is 3.53. The van der Waals surface area contributed by atoms with Crippen LogP contribution in [0.4, 0.5) is 5.82 Å². The van der Waals surface area contributed by atoms with Crippen LogP contribution in [0.1, 0.15) is 29.8 Å². The van der Waals surface area contributed by atoms with Crippen molar-refractivity contribution in [3.05, 3.63) is 23.4 Å². The zero-order valence-corrected chi connectivity index (χ0v) is 10.9. The number of aryl methyl sites for hydroxylation is 1. The molecule has 4 nitrogen and oxygen atoms in total. The summed E-state index contributed by atoms with van der Waals surface area (Å²) in [6, 6.07) is 2.20. The number of anilines is 1. The van der Waals surface area contributed by atoms with E-state index in [2.05, 4.69) is 23.7 Å². The summed E-state index contributed by atoms with van der Waals surface area (Å²) in [5.41, 5.74) is 1.63. The van der Waals surface area contributed by atoms with E-state index in [1.54, 1.807) is 13.3 Å². The second-order valence-electron chi connectivity index (χ2n) is 4.31. The molecule has 0 spiro atoms. The van der Waals surface area contributed by atoms with Crippen LogP contribution in [0.3, 0.4) is 0 Å². The Hall–Kier alpha value is -1.42. The fraction of sp³-hybridized carbons (Fsp3) is 0.538. The highest BCUT2D eigenvalue weighted by molar-refractivity contribution is 5.75. The molecule has 0 saturated heterocycles. The average Bonchev–Trinajstić information content (AvgIpc) is 2.30. The van der Waals surface area contributed by atoms with Gasteiger partial charge in [0.25, 0.3) is 0 Å². The number of ether oxygens (including phenoxy) is 1. The van der Waals surface area contributed by atoms with Crippen LogP contribution in [0.5, 0.6) is 0 Å². The summed E-state index contributed by atoms with van der Waals surface area (Å²) in [5, 5.41) is 0. The van der Waals surface area contributed by atoms with E-state index in [0.717, 1.165) is 24.2 Å². The Morgan fingerprint density at radius 2 is 2.24 bits per heavy atom. The van der Waals surface area contributed by atoms with Gasteiger partial charge in [0.2, 0.25) is 0 Å². The first-order valence-electron chi connectivity index (χ1n) is 5.77. The Bertz CT molecular complexity index is 378. The molecule has 0 amide bonds. The molecule has 0 aromatic carbocycles. The van der Waals surface area contributed by atoms with Gasteiger partial charge in [-0.1, -0.05) is 0 Å². The van der Waals surface area contributed by atoms with Crippen LogP contribution in [0.25, 0.3) is 0 Å². The summed E-state index contributed by atoms with van der Waals surface area (Å²) in [4.78, 5) is 17.2. The van der Waals surface area contributed by atoms with Gasteiger partial charge in [0.15, 0.2) is 6.29 Å². The molecule has 4 heteroatoms. The van der Waals surface area contributed by atoms with Crippen LogP contribution in [0.15, 0.2) is 12.3 Å². The molecule has 0 N–H and O–H groups in total. The number of hydrogen-bond donors (Lipinski definition) is 0. The molecule has 94 valence electrons. The summed E-state index contributed by atoms with van der Waals surface area (Å²) < 4.78 is 5.10. The van der Waals surface area contributed by atoms with Crippen LogP contribution in [-0.2, 0) is 4.74 Å². The fourth-order valence-corrected chi connectivity index (χ4v) is 1.75. The highest BCUT2D eigenvalue weighted by Gasteiger charge is 2.14. The first-order chi connectivity index (χ1) is 8.10. The van der Waals surface area contributed by atoms with E-state index in [1.807, 2.05) is 13.0 Å². The van der Waals surface area contributed by atoms with Crippen LogP contribution in [0, 0.1) is 6.92 Å². The Morgan fingerprint density at radius 1 is 1.53 bits per heavy atom. The third-order valence-corrected chi connectivity index (χ3v) is 2.64. The molecule has 1 aromatic heterocycles. The smallest absolute Gasteiger partial charge is 0.151 e.